The molecule has 2 unspecified atom stereocenters. The molecule has 1 amide bonds. The fourth-order valence-electron chi connectivity index (χ4n) is 2.40. The van der Waals surface area contributed by atoms with Crippen LogP contribution in [0.1, 0.15) is 23.7 Å². The molecule has 1 aromatic carbocycles. The highest BCUT2D eigenvalue weighted by Gasteiger charge is 2.27. The van der Waals surface area contributed by atoms with E-state index >= 15 is 0 Å². The Hall–Kier alpha value is -1.13. The molecule has 0 spiro atoms. The van der Waals surface area contributed by atoms with Crippen LogP contribution in [0.15, 0.2) is 18.2 Å². The van der Waals surface area contributed by atoms with E-state index in [0.717, 1.165) is 6.42 Å². The number of nitrogens with zero attached hydrogens (tertiary/aromatic N) is 1. The summed E-state index contributed by atoms with van der Waals surface area (Å²) in [7, 11) is 0. The van der Waals surface area contributed by atoms with Gasteiger partial charge in [-0.2, -0.15) is 0 Å². The summed E-state index contributed by atoms with van der Waals surface area (Å²) in [5.74, 6) is -0.548. The van der Waals surface area contributed by atoms with Gasteiger partial charge >= 0.3 is 0 Å². The number of benzene rings is 1. The maximum absolute atomic E-state index is 13.6. The standard InChI is InChI=1S/C13H16ClFN2O/c1-8-4-10(16)7-17(6-8)13(18)11-5-9(14)2-3-12(11)15/h2-3,5,8,10H,4,6-7,16H2,1H3. The van der Waals surface area contributed by atoms with Crippen LogP contribution in [-0.2, 0) is 0 Å². The first-order valence-corrected chi connectivity index (χ1v) is 6.35. The summed E-state index contributed by atoms with van der Waals surface area (Å²) in [6.45, 7) is 3.11. The SMILES string of the molecule is CC1CC(N)CN(C(=O)c2cc(Cl)ccc2F)C1. The molecule has 1 heterocycles. The fraction of sp³-hybridized carbons (Fsp3) is 0.462. The molecule has 0 aliphatic carbocycles. The van der Waals surface area contributed by atoms with E-state index in [1.807, 2.05) is 6.92 Å². The van der Waals surface area contributed by atoms with Gasteiger partial charge in [-0.25, -0.2) is 4.39 Å². The summed E-state index contributed by atoms with van der Waals surface area (Å²) in [6.07, 6.45) is 0.891. The highest BCUT2D eigenvalue weighted by atomic mass is 35.5. The molecule has 2 atom stereocenters. The second kappa shape index (κ2) is 5.24. The Kier molecular flexibility index (Phi) is 3.88. The Morgan fingerprint density at radius 3 is 2.89 bits per heavy atom. The average Bonchev–Trinajstić information content (AvgIpc) is 2.30. The van der Waals surface area contributed by atoms with Crippen LogP contribution < -0.4 is 5.73 Å². The van der Waals surface area contributed by atoms with Gasteiger partial charge in [0.05, 0.1) is 5.56 Å². The van der Waals surface area contributed by atoms with Crippen LogP contribution in [0, 0.1) is 11.7 Å². The van der Waals surface area contributed by atoms with Gasteiger partial charge in [0.1, 0.15) is 5.82 Å². The second-order valence-electron chi connectivity index (χ2n) is 4.94. The van der Waals surface area contributed by atoms with Gasteiger partial charge in [-0.3, -0.25) is 4.79 Å². The van der Waals surface area contributed by atoms with Crippen molar-refractivity contribution < 1.29 is 9.18 Å². The van der Waals surface area contributed by atoms with Crippen molar-refractivity contribution in [1.82, 2.24) is 4.90 Å². The van der Waals surface area contributed by atoms with Crippen molar-refractivity contribution in [3.8, 4) is 0 Å². The number of amides is 1. The zero-order valence-corrected chi connectivity index (χ0v) is 11.0. The fourth-order valence-corrected chi connectivity index (χ4v) is 2.57. The number of halogens is 2. The predicted molar refractivity (Wildman–Crippen MR) is 69.1 cm³/mol. The largest absolute Gasteiger partial charge is 0.337 e. The predicted octanol–water partition coefficient (Wildman–Crippen LogP) is 2.29. The lowest BCUT2D eigenvalue weighted by Gasteiger charge is -2.34. The van der Waals surface area contributed by atoms with Gasteiger partial charge in [0.15, 0.2) is 0 Å². The zero-order valence-electron chi connectivity index (χ0n) is 10.2. The molecule has 2 rings (SSSR count). The first-order chi connectivity index (χ1) is 8.47. The number of rotatable bonds is 1. The van der Waals surface area contributed by atoms with Crippen LogP contribution >= 0.6 is 11.6 Å². The summed E-state index contributed by atoms with van der Waals surface area (Å²) < 4.78 is 13.6. The lowest BCUT2D eigenvalue weighted by atomic mass is 9.96. The van der Waals surface area contributed by atoms with Crippen LogP contribution in [0.25, 0.3) is 0 Å². The molecule has 1 aliphatic heterocycles. The van der Waals surface area contributed by atoms with E-state index in [1.54, 1.807) is 4.90 Å². The minimum Gasteiger partial charge on any atom is -0.337 e. The smallest absolute Gasteiger partial charge is 0.256 e. The molecule has 0 radical (unpaired) electrons. The quantitative estimate of drug-likeness (QED) is 0.851. The van der Waals surface area contributed by atoms with Crippen LogP contribution in [0.3, 0.4) is 0 Å². The molecule has 2 N–H and O–H groups in total. The highest BCUT2D eigenvalue weighted by molar-refractivity contribution is 6.31. The van der Waals surface area contributed by atoms with Gasteiger partial charge in [0.25, 0.3) is 5.91 Å². The number of likely N-dealkylation sites (tertiary alicyclic amines) is 1. The Morgan fingerprint density at radius 1 is 1.50 bits per heavy atom. The van der Waals surface area contributed by atoms with Crippen LogP contribution in [-0.4, -0.2) is 29.9 Å². The molecule has 18 heavy (non-hydrogen) atoms. The molecule has 5 heteroatoms. The third-order valence-electron chi connectivity index (χ3n) is 3.14. The van der Waals surface area contributed by atoms with Gasteiger partial charge in [-0.15, -0.1) is 0 Å². The topological polar surface area (TPSA) is 46.3 Å². The maximum atomic E-state index is 13.6. The molecule has 1 fully saturated rings. The van der Waals surface area contributed by atoms with Gasteiger partial charge in [-0.05, 0) is 30.5 Å². The van der Waals surface area contributed by atoms with Crippen molar-refractivity contribution in [2.24, 2.45) is 11.7 Å². The average molecular weight is 271 g/mol. The van der Waals surface area contributed by atoms with Crippen molar-refractivity contribution in [1.29, 1.82) is 0 Å². The van der Waals surface area contributed by atoms with E-state index in [9.17, 15) is 9.18 Å². The van der Waals surface area contributed by atoms with Crippen molar-refractivity contribution >= 4 is 17.5 Å². The molecule has 0 aromatic heterocycles. The lowest BCUT2D eigenvalue weighted by Crippen LogP contribution is -2.49. The molecule has 0 bridgehead atoms. The van der Waals surface area contributed by atoms with E-state index < -0.39 is 5.82 Å². The normalized spacial score (nSPS) is 24.1. The summed E-state index contributed by atoms with van der Waals surface area (Å²) in [5.41, 5.74) is 5.90. The van der Waals surface area contributed by atoms with Crippen LogP contribution in [0.2, 0.25) is 5.02 Å². The molecule has 0 saturated carbocycles. The number of piperidine rings is 1. The lowest BCUT2D eigenvalue weighted by molar-refractivity contribution is 0.0656. The van der Waals surface area contributed by atoms with E-state index in [-0.39, 0.29) is 17.5 Å². The summed E-state index contributed by atoms with van der Waals surface area (Å²) in [5, 5.41) is 0.356. The minimum atomic E-state index is -0.545. The van der Waals surface area contributed by atoms with Gasteiger partial charge in [-0.1, -0.05) is 18.5 Å². The third kappa shape index (κ3) is 2.82. The molecular weight excluding hydrogens is 255 g/mol. The summed E-state index contributed by atoms with van der Waals surface area (Å²) in [4.78, 5) is 13.8. The van der Waals surface area contributed by atoms with Crippen LogP contribution in [0.5, 0.6) is 0 Å². The van der Waals surface area contributed by atoms with Gasteiger partial charge in [0, 0.05) is 24.2 Å². The van der Waals surface area contributed by atoms with Crippen LogP contribution in [0.4, 0.5) is 4.39 Å². The number of carbonyl (C=O) groups is 1. The minimum absolute atomic E-state index is 0.0174. The number of hydrogen-bond donors (Lipinski definition) is 1. The first kappa shape index (κ1) is 13.3. The van der Waals surface area contributed by atoms with Gasteiger partial charge < -0.3 is 10.6 Å². The molecule has 1 aromatic rings. The molecule has 1 aliphatic rings. The van der Waals surface area contributed by atoms with Crippen molar-refractivity contribution in [3.05, 3.63) is 34.6 Å². The number of hydrogen-bond acceptors (Lipinski definition) is 2. The van der Waals surface area contributed by atoms with Crippen molar-refractivity contribution in [2.75, 3.05) is 13.1 Å². The molecule has 98 valence electrons. The van der Waals surface area contributed by atoms with E-state index in [1.165, 1.54) is 18.2 Å². The second-order valence-corrected chi connectivity index (χ2v) is 5.37. The van der Waals surface area contributed by atoms with Gasteiger partial charge in [0.2, 0.25) is 0 Å². The van der Waals surface area contributed by atoms with E-state index in [2.05, 4.69) is 0 Å². The summed E-state index contributed by atoms with van der Waals surface area (Å²) >= 11 is 5.80. The maximum Gasteiger partial charge on any atom is 0.256 e. The molecule has 3 nitrogen and oxygen atoms in total. The Morgan fingerprint density at radius 2 is 2.22 bits per heavy atom. The van der Waals surface area contributed by atoms with E-state index in [4.69, 9.17) is 17.3 Å². The first-order valence-electron chi connectivity index (χ1n) is 5.97. The van der Waals surface area contributed by atoms with Crippen molar-refractivity contribution in [2.45, 2.75) is 19.4 Å². The number of carbonyl (C=O) groups excluding carboxylic acids is 1. The summed E-state index contributed by atoms with van der Waals surface area (Å²) in [6, 6.07) is 3.96. The Balaban J connectivity index is 2.22. The number of nitrogens with two attached hydrogens (primary N) is 1. The monoisotopic (exact) mass is 270 g/mol. The highest BCUT2D eigenvalue weighted by Crippen LogP contribution is 2.21. The molecule has 1 saturated heterocycles. The molecular formula is C13H16ClFN2O. The Labute approximate surface area is 111 Å². The van der Waals surface area contributed by atoms with Crippen molar-refractivity contribution in [3.63, 3.8) is 0 Å². The zero-order chi connectivity index (χ0) is 13.3. The third-order valence-corrected chi connectivity index (χ3v) is 3.37. The Bertz CT molecular complexity index is 456. The van der Waals surface area contributed by atoms with E-state index in [0.29, 0.717) is 24.0 Å².